The molecule has 0 aliphatic heterocycles. The number of aliphatic hydroxyl groups excluding tert-OH is 1. The van der Waals surface area contributed by atoms with E-state index in [1.54, 1.807) is 12.1 Å². The van der Waals surface area contributed by atoms with Gasteiger partial charge >= 0.3 is 6.09 Å². The molecule has 1 aromatic carbocycles. The number of rotatable bonds is 4. The highest BCUT2D eigenvalue weighted by Crippen LogP contribution is 2.55. The second-order valence-corrected chi connectivity index (χ2v) is 9.28. The summed E-state index contributed by atoms with van der Waals surface area (Å²) in [4.78, 5) is 12.9. The lowest BCUT2D eigenvalue weighted by Gasteiger charge is -2.28. The third-order valence-corrected chi connectivity index (χ3v) is 6.14. The third-order valence-electron chi connectivity index (χ3n) is 4.71. The van der Waals surface area contributed by atoms with Gasteiger partial charge in [-0.2, -0.15) is 0 Å². The number of thioether (sulfide) groups is 1. The maximum atomic E-state index is 13.3. The molecular weight excluding hydrogens is 365 g/mol. The summed E-state index contributed by atoms with van der Waals surface area (Å²) in [6.07, 6.45) is 0.0518. The standard InChI is InChI=1S/C18H23ClFNO3S/c1-18(2,3)24-17(23)21-15-10-7-11(10)16(22)12(15)8-25-9-4-5-14(20)13(19)6-9/h4-6,10-12,15-16,22H,7-8H2,1-3H3,(H,21,23)/t10-,11+,12-,15+,16-/m0/s1. The fraction of sp³-hybridized carbons (Fsp3) is 0.611. The minimum atomic E-state index is -0.556. The van der Waals surface area contributed by atoms with Crippen LogP contribution >= 0.6 is 23.4 Å². The minimum absolute atomic E-state index is 0.0647. The SMILES string of the molecule is CC(C)(C)OC(=O)N[C@H]1[C@H](CSc2ccc(F)c(Cl)c2)[C@@H](O)[C@@H]2C[C@@H]21. The maximum Gasteiger partial charge on any atom is 0.407 e. The summed E-state index contributed by atoms with van der Waals surface area (Å²) in [6.45, 7) is 5.46. The van der Waals surface area contributed by atoms with Crippen molar-refractivity contribution in [3.63, 3.8) is 0 Å². The highest BCUT2D eigenvalue weighted by Gasteiger charge is 2.59. The Labute approximate surface area is 156 Å². The van der Waals surface area contributed by atoms with Gasteiger partial charge in [-0.3, -0.25) is 0 Å². The number of halogens is 2. The number of amides is 1. The van der Waals surface area contributed by atoms with Crippen LogP contribution < -0.4 is 5.32 Å². The third kappa shape index (κ3) is 4.41. The van der Waals surface area contributed by atoms with E-state index in [0.717, 1.165) is 11.3 Å². The fourth-order valence-electron chi connectivity index (χ4n) is 3.51. The van der Waals surface area contributed by atoms with Crippen LogP contribution in [0.1, 0.15) is 27.2 Å². The smallest absolute Gasteiger partial charge is 0.407 e. The summed E-state index contributed by atoms with van der Waals surface area (Å²) in [6, 6.07) is 4.49. The predicted molar refractivity (Wildman–Crippen MR) is 96.4 cm³/mol. The van der Waals surface area contributed by atoms with E-state index in [9.17, 15) is 14.3 Å². The normalized spacial score (nSPS) is 30.7. The first-order chi connectivity index (χ1) is 11.7. The Bertz CT molecular complexity index is 666. The number of nitrogens with one attached hydrogen (secondary N) is 1. The molecule has 3 rings (SSSR count). The highest BCUT2D eigenvalue weighted by molar-refractivity contribution is 7.99. The summed E-state index contributed by atoms with van der Waals surface area (Å²) >= 11 is 7.32. The van der Waals surface area contributed by atoms with Crippen molar-refractivity contribution in [3.05, 3.63) is 29.0 Å². The Morgan fingerprint density at radius 1 is 1.44 bits per heavy atom. The number of alkyl carbamates (subject to hydrolysis) is 1. The Balaban J connectivity index is 1.62. The molecule has 2 aliphatic rings. The molecule has 0 unspecified atom stereocenters. The van der Waals surface area contributed by atoms with Gasteiger partial charge in [0, 0.05) is 22.6 Å². The minimum Gasteiger partial charge on any atom is -0.444 e. The van der Waals surface area contributed by atoms with Crippen molar-refractivity contribution in [3.8, 4) is 0 Å². The van der Waals surface area contributed by atoms with Gasteiger partial charge in [-0.15, -0.1) is 11.8 Å². The lowest BCUT2D eigenvalue weighted by atomic mass is 9.98. The Kier molecular flexibility index (Phi) is 5.24. The maximum absolute atomic E-state index is 13.3. The first-order valence-electron chi connectivity index (χ1n) is 8.41. The molecule has 0 bridgehead atoms. The zero-order valence-corrected chi connectivity index (χ0v) is 16.0. The van der Waals surface area contributed by atoms with E-state index < -0.39 is 23.6 Å². The molecule has 2 N–H and O–H groups in total. The van der Waals surface area contributed by atoms with Gasteiger partial charge in [-0.05, 0) is 57.2 Å². The van der Waals surface area contributed by atoms with E-state index >= 15 is 0 Å². The Hall–Kier alpha value is -0.980. The van der Waals surface area contributed by atoms with Crippen LogP contribution in [0.4, 0.5) is 9.18 Å². The molecule has 2 aliphatic carbocycles. The molecule has 1 aromatic rings. The van der Waals surface area contributed by atoms with Crippen LogP contribution in [0.3, 0.4) is 0 Å². The molecule has 2 fully saturated rings. The number of aliphatic hydroxyl groups is 1. The molecule has 138 valence electrons. The number of ether oxygens (including phenoxy) is 1. The summed E-state index contributed by atoms with van der Waals surface area (Å²) in [7, 11) is 0. The van der Waals surface area contributed by atoms with Gasteiger partial charge in [0.25, 0.3) is 0 Å². The number of hydrogen-bond acceptors (Lipinski definition) is 4. The summed E-state index contributed by atoms with van der Waals surface area (Å²) in [5, 5.41) is 13.5. The van der Waals surface area contributed by atoms with Gasteiger partial charge in [0.1, 0.15) is 11.4 Å². The molecule has 0 aromatic heterocycles. The summed E-state index contributed by atoms with van der Waals surface area (Å²) in [5.74, 6) is 0.673. The molecule has 0 heterocycles. The molecule has 0 radical (unpaired) electrons. The fourth-order valence-corrected chi connectivity index (χ4v) is 4.91. The van der Waals surface area contributed by atoms with E-state index in [1.165, 1.54) is 17.8 Å². The molecule has 5 atom stereocenters. The molecule has 0 spiro atoms. The topological polar surface area (TPSA) is 58.6 Å². The van der Waals surface area contributed by atoms with Crippen molar-refractivity contribution in [2.24, 2.45) is 17.8 Å². The van der Waals surface area contributed by atoms with Crippen molar-refractivity contribution in [1.82, 2.24) is 5.32 Å². The van der Waals surface area contributed by atoms with Crippen LogP contribution in [-0.2, 0) is 4.74 Å². The number of hydrogen-bond donors (Lipinski definition) is 2. The van der Waals surface area contributed by atoms with Crippen LogP contribution in [0, 0.1) is 23.6 Å². The lowest BCUT2D eigenvalue weighted by molar-refractivity contribution is 0.0460. The monoisotopic (exact) mass is 387 g/mol. The van der Waals surface area contributed by atoms with Crippen LogP contribution in [0.15, 0.2) is 23.1 Å². The Morgan fingerprint density at radius 3 is 2.80 bits per heavy atom. The molecular formula is C18H23ClFNO3S. The predicted octanol–water partition coefficient (Wildman–Crippen LogP) is 4.09. The van der Waals surface area contributed by atoms with Crippen molar-refractivity contribution >= 4 is 29.5 Å². The molecule has 25 heavy (non-hydrogen) atoms. The average Bonchev–Trinajstić information content (AvgIpc) is 3.23. The van der Waals surface area contributed by atoms with Gasteiger partial charge in [-0.1, -0.05) is 11.6 Å². The van der Waals surface area contributed by atoms with E-state index in [0.29, 0.717) is 11.7 Å². The van der Waals surface area contributed by atoms with Crippen LogP contribution in [-0.4, -0.2) is 34.7 Å². The van der Waals surface area contributed by atoms with Crippen molar-refractivity contribution in [2.45, 2.75) is 49.8 Å². The van der Waals surface area contributed by atoms with E-state index in [1.807, 2.05) is 20.8 Å². The molecule has 2 saturated carbocycles. The average molecular weight is 388 g/mol. The Morgan fingerprint density at radius 2 is 2.16 bits per heavy atom. The lowest BCUT2D eigenvalue weighted by Crippen LogP contribution is -2.45. The largest absolute Gasteiger partial charge is 0.444 e. The van der Waals surface area contributed by atoms with Gasteiger partial charge in [-0.25, -0.2) is 9.18 Å². The van der Waals surface area contributed by atoms with Crippen LogP contribution in [0.5, 0.6) is 0 Å². The number of benzene rings is 1. The molecule has 0 saturated heterocycles. The summed E-state index contributed by atoms with van der Waals surface area (Å²) < 4.78 is 18.6. The van der Waals surface area contributed by atoms with E-state index in [2.05, 4.69) is 5.32 Å². The first kappa shape index (κ1) is 18.8. The second-order valence-electron chi connectivity index (χ2n) is 7.78. The number of carbonyl (C=O) groups excluding carboxylic acids is 1. The van der Waals surface area contributed by atoms with Crippen LogP contribution in [0.25, 0.3) is 0 Å². The summed E-state index contributed by atoms with van der Waals surface area (Å²) in [5.41, 5.74) is -0.556. The first-order valence-corrected chi connectivity index (χ1v) is 9.77. The highest BCUT2D eigenvalue weighted by atomic mass is 35.5. The van der Waals surface area contributed by atoms with Crippen molar-refractivity contribution < 1.29 is 19.0 Å². The van der Waals surface area contributed by atoms with Gasteiger partial charge < -0.3 is 15.2 Å². The quantitative estimate of drug-likeness (QED) is 0.764. The van der Waals surface area contributed by atoms with Crippen LogP contribution in [0.2, 0.25) is 5.02 Å². The van der Waals surface area contributed by atoms with E-state index in [-0.39, 0.29) is 22.9 Å². The van der Waals surface area contributed by atoms with E-state index in [4.69, 9.17) is 16.3 Å². The second kappa shape index (κ2) is 6.97. The zero-order valence-electron chi connectivity index (χ0n) is 14.5. The van der Waals surface area contributed by atoms with Gasteiger partial charge in [0.2, 0.25) is 0 Å². The number of carbonyl (C=O) groups is 1. The van der Waals surface area contributed by atoms with Crippen molar-refractivity contribution in [1.29, 1.82) is 0 Å². The molecule has 1 amide bonds. The van der Waals surface area contributed by atoms with Gasteiger partial charge in [0.15, 0.2) is 0 Å². The zero-order chi connectivity index (χ0) is 18.4. The molecule has 7 heteroatoms. The van der Waals surface area contributed by atoms with Gasteiger partial charge in [0.05, 0.1) is 11.1 Å². The van der Waals surface area contributed by atoms with Crippen molar-refractivity contribution in [2.75, 3.05) is 5.75 Å². The molecule has 4 nitrogen and oxygen atoms in total. The number of fused-ring (bicyclic) bond motifs is 1.